The number of carbonyl (C=O) groups excluding carboxylic acids is 1. The van der Waals surface area contributed by atoms with Crippen LogP contribution in [0.3, 0.4) is 0 Å². The molecule has 0 radical (unpaired) electrons. The van der Waals surface area contributed by atoms with Gasteiger partial charge in [-0.05, 0) is 30.7 Å². The van der Waals surface area contributed by atoms with Gasteiger partial charge in [0.15, 0.2) is 0 Å². The fourth-order valence-electron chi connectivity index (χ4n) is 1.76. The molecule has 2 rings (SSSR count). The molecule has 0 fully saturated rings. The molecule has 98 valence electrons. The number of aryl methyl sites for hydroxylation is 1. The summed E-state index contributed by atoms with van der Waals surface area (Å²) in [6.07, 6.45) is 3.42. The number of rotatable bonds is 3. The Labute approximate surface area is 111 Å². The molecule has 5 nitrogen and oxygen atoms in total. The Kier molecular flexibility index (Phi) is 3.66. The lowest BCUT2D eigenvalue weighted by Crippen LogP contribution is -2.08. The minimum Gasteiger partial charge on any atom is -0.465 e. The molecule has 0 bridgehead atoms. The van der Waals surface area contributed by atoms with Gasteiger partial charge in [-0.25, -0.2) is 4.79 Å². The van der Waals surface area contributed by atoms with Crippen molar-refractivity contribution in [3.8, 4) is 0 Å². The van der Waals surface area contributed by atoms with Gasteiger partial charge >= 0.3 is 5.97 Å². The molecule has 1 aromatic carbocycles. The van der Waals surface area contributed by atoms with Crippen LogP contribution in [0.2, 0.25) is 0 Å². The van der Waals surface area contributed by atoms with E-state index in [9.17, 15) is 4.79 Å². The van der Waals surface area contributed by atoms with Gasteiger partial charge in [0, 0.05) is 6.20 Å². The number of carbonyl (C=O) groups is 1. The van der Waals surface area contributed by atoms with Crippen molar-refractivity contribution in [2.45, 2.75) is 6.92 Å². The van der Waals surface area contributed by atoms with Crippen LogP contribution in [-0.2, 0) is 4.74 Å². The molecule has 3 N–H and O–H groups in total. The number of nitrogens with one attached hydrogen (secondary N) is 1. The lowest BCUT2D eigenvalue weighted by molar-refractivity contribution is 0.0602. The Balaban J connectivity index is 2.41. The fourth-order valence-corrected chi connectivity index (χ4v) is 1.76. The monoisotopic (exact) mass is 257 g/mol. The number of benzene rings is 1. The number of pyridine rings is 1. The summed E-state index contributed by atoms with van der Waals surface area (Å²) < 4.78 is 4.74. The third-order valence-corrected chi connectivity index (χ3v) is 2.65. The number of aromatic nitrogens is 1. The molecule has 0 unspecified atom stereocenters. The maximum Gasteiger partial charge on any atom is 0.340 e. The van der Waals surface area contributed by atoms with Gasteiger partial charge in [0.05, 0.1) is 35.9 Å². The van der Waals surface area contributed by atoms with Crippen LogP contribution < -0.4 is 11.1 Å². The quantitative estimate of drug-likeness (QED) is 0.652. The summed E-state index contributed by atoms with van der Waals surface area (Å²) in [5.74, 6) is -0.435. The van der Waals surface area contributed by atoms with E-state index in [1.165, 1.54) is 7.11 Å². The summed E-state index contributed by atoms with van der Waals surface area (Å²) in [5.41, 5.74) is 9.09. The van der Waals surface area contributed by atoms with Gasteiger partial charge in [-0.3, -0.25) is 4.98 Å². The number of esters is 1. The van der Waals surface area contributed by atoms with Crippen molar-refractivity contribution in [3.63, 3.8) is 0 Å². The summed E-state index contributed by atoms with van der Waals surface area (Å²) >= 11 is 0. The third-order valence-electron chi connectivity index (χ3n) is 2.65. The number of anilines is 3. The van der Waals surface area contributed by atoms with Crippen LogP contribution in [0, 0.1) is 6.92 Å². The van der Waals surface area contributed by atoms with Crippen molar-refractivity contribution < 1.29 is 9.53 Å². The number of hydrogen-bond acceptors (Lipinski definition) is 5. The Hall–Kier alpha value is -2.56. The Morgan fingerprint density at radius 3 is 2.84 bits per heavy atom. The first-order chi connectivity index (χ1) is 9.11. The number of ether oxygens (including phenoxy) is 1. The number of nitrogens with two attached hydrogens (primary N) is 1. The van der Waals surface area contributed by atoms with E-state index < -0.39 is 5.97 Å². The maximum atomic E-state index is 11.7. The molecule has 0 aliphatic heterocycles. The van der Waals surface area contributed by atoms with E-state index in [2.05, 4.69) is 10.3 Å². The molecule has 1 aromatic heterocycles. The molecular formula is C14H15N3O2. The molecule has 19 heavy (non-hydrogen) atoms. The van der Waals surface area contributed by atoms with Crippen molar-refractivity contribution in [2.24, 2.45) is 0 Å². The van der Waals surface area contributed by atoms with Crippen LogP contribution in [0.15, 0.2) is 36.7 Å². The molecule has 0 aliphatic carbocycles. The SMILES string of the molecule is COC(=O)c1cccc(N)c1Nc1cncc(C)c1. The number of hydrogen-bond donors (Lipinski definition) is 2. The molecule has 1 heterocycles. The first-order valence-electron chi connectivity index (χ1n) is 5.77. The predicted octanol–water partition coefficient (Wildman–Crippen LogP) is 2.50. The normalized spacial score (nSPS) is 10.0. The zero-order valence-corrected chi connectivity index (χ0v) is 10.8. The number of methoxy groups -OCH3 is 1. The minimum absolute atomic E-state index is 0.393. The van der Waals surface area contributed by atoms with Crippen molar-refractivity contribution in [3.05, 3.63) is 47.8 Å². The molecule has 0 atom stereocenters. The molecule has 0 amide bonds. The van der Waals surface area contributed by atoms with E-state index in [1.54, 1.807) is 30.6 Å². The van der Waals surface area contributed by atoms with Gasteiger partial charge in [-0.2, -0.15) is 0 Å². The second-order valence-electron chi connectivity index (χ2n) is 4.14. The second kappa shape index (κ2) is 5.39. The van der Waals surface area contributed by atoms with E-state index in [-0.39, 0.29) is 0 Å². The van der Waals surface area contributed by atoms with Crippen LogP contribution in [0.4, 0.5) is 17.1 Å². The summed E-state index contributed by atoms with van der Waals surface area (Å²) in [6.45, 7) is 1.94. The number of nitrogen functional groups attached to an aromatic ring is 1. The largest absolute Gasteiger partial charge is 0.465 e. The smallest absolute Gasteiger partial charge is 0.340 e. The molecule has 0 aliphatic rings. The third kappa shape index (κ3) is 2.82. The fraction of sp³-hybridized carbons (Fsp3) is 0.143. The number of nitrogens with zero attached hydrogens (tertiary/aromatic N) is 1. The van der Waals surface area contributed by atoms with E-state index >= 15 is 0 Å². The predicted molar refractivity (Wildman–Crippen MR) is 74.5 cm³/mol. The van der Waals surface area contributed by atoms with Gasteiger partial charge in [0.25, 0.3) is 0 Å². The highest BCUT2D eigenvalue weighted by atomic mass is 16.5. The van der Waals surface area contributed by atoms with Gasteiger partial charge in [0.1, 0.15) is 0 Å². The minimum atomic E-state index is -0.435. The zero-order chi connectivity index (χ0) is 13.8. The Morgan fingerprint density at radius 1 is 1.37 bits per heavy atom. The maximum absolute atomic E-state index is 11.7. The lowest BCUT2D eigenvalue weighted by Gasteiger charge is -2.13. The van der Waals surface area contributed by atoms with E-state index in [0.717, 1.165) is 11.3 Å². The zero-order valence-electron chi connectivity index (χ0n) is 10.8. The van der Waals surface area contributed by atoms with Crippen LogP contribution in [-0.4, -0.2) is 18.1 Å². The Morgan fingerprint density at radius 2 is 2.16 bits per heavy atom. The van der Waals surface area contributed by atoms with Crippen LogP contribution >= 0.6 is 0 Å². The van der Waals surface area contributed by atoms with Crippen molar-refractivity contribution in [1.82, 2.24) is 4.98 Å². The van der Waals surface area contributed by atoms with Crippen molar-refractivity contribution >= 4 is 23.0 Å². The molecule has 0 spiro atoms. The van der Waals surface area contributed by atoms with Crippen LogP contribution in [0.5, 0.6) is 0 Å². The van der Waals surface area contributed by atoms with Gasteiger partial charge in [-0.1, -0.05) is 6.07 Å². The first-order valence-corrected chi connectivity index (χ1v) is 5.77. The first kappa shape index (κ1) is 12.9. The standard InChI is InChI=1S/C14H15N3O2/c1-9-6-10(8-16-7-9)17-13-11(14(18)19-2)4-3-5-12(13)15/h3-8,17H,15H2,1-2H3. The highest BCUT2D eigenvalue weighted by Crippen LogP contribution is 2.27. The number of para-hydroxylation sites is 1. The summed E-state index contributed by atoms with van der Waals surface area (Å²) in [4.78, 5) is 15.8. The molecule has 0 saturated carbocycles. The summed E-state index contributed by atoms with van der Waals surface area (Å²) in [5, 5.41) is 3.11. The average Bonchev–Trinajstić information content (AvgIpc) is 2.40. The van der Waals surface area contributed by atoms with Crippen molar-refractivity contribution in [2.75, 3.05) is 18.2 Å². The topological polar surface area (TPSA) is 77.2 Å². The highest BCUT2D eigenvalue weighted by molar-refractivity contribution is 5.99. The van der Waals surface area contributed by atoms with E-state index in [4.69, 9.17) is 10.5 Å². The van der Waals surface area contributed by atoms with Gasteiger partial charge < -0.3 is 15.8 Å². The van der Waals surface area contributed by atoms with E-state index in [0.29, 0.717) is 16.9 Å². The molecular weight excluding hydrogens is 242 g/mol. The Bertz CT molecular complexity index is 611. The van der Waals surface area contributed by atoms with Crippen LogP contribution in [0.1, 0.15) is 15.9 Å². The van der Waals surface area contributed by atoms with Gasteiger partial charge in [0.2, 0.25) is 0 Å². The van der Waals surface area contributed by atoms with Gasteiger partial charge in [-0.15, -0.1) is 0 Å². The molecule has 5 heteroatoms. The lowest BCUT2D eigenvalue weighted by atomic mass is 10.1. The van der Waals surface area contributed by atoms with E-state index in [1.807, 2.05) is 13.0 Å². The molecule has 2 aromatic rings. The summed E-state index contributed by atoms with van der Waals surface area (Å²) in [7, 11) is 1.34. The average molecular weight is 257 g/mol. The second-order valence-corrected chi connectivity index (χ2v) is 4.14. The summed E-state index contributed by atoms with van der Waals surface area (Å²) in [6, 6.07) is 7.01. The van der Waals surface area contributed by atoms with Crippen molar-refractivity contribution in [1.29, 1.82) is 0 Å². The highest BCUT2D eigenvalue weighted by Gasteiger charge is 2.14. The molecule has 0 saturated heterocycles. The van der Waals surface area contributed by atoms with Crippen LogP contribution in [0.25, 0.3) is 0 Å².